The van der Waals surface area contributed by atoms with E-state index in [9.17, 15) is 33.9 Å². The summed E-state index contributed by atoms with van der Waals surface area (Å²) in [4.78, 5) is 188. The van der Waals surface area contributed by atoms with Crippen molar-refractivity contribution in [3.63, 3.8) is 0 Å². The highest BCUT2D eigenvalue weighted by molar-refractivity contribution is 6.01. The molecule has 0 spiro atoms. The van der Waals surface area contributed by atoms with Crippen LogP contribution in [0.5, 0.6) is 0 Å². The SMILES string of the molecule is CC[C@H](C)[C@@H]1NC(=O)[C@H](CC(C)C)N(C)C(=O)[C@H](C)N(C)C(=O)[C@H]([C@@H](C)O)NC(=O)[C@H](CC(C)C)N(C)C(=O)[C@H](Cc2ccccc2)N(C)C(=O)[C@@H](C(C)C)NC(=O)C[C@@H](C(=O)N(C)[C@@H](Cc2ccccc2)C(=O)N[C@@H](C)C(=O)N2CCCCC2)NC(=O)[C@H](C(C)C)N(C)C1=O. The van der Waals surface area contributed by atoms with Crippen LogP contribution in [-0.4, -0.2) is 238 Å². The van der Waals surface area contributed by atoms with E-state index in [-0.39, 0.29) is 43.4 Å². The van der Waals surface area contributed by atoms with Gasteiger partial charge < -0.3 is 66.0 Å². The standard InChI is InChI=1S/C71H112N12O13/c1-20-45(10)58-70(95)82(19)60(44(8)9)64(89)73-51(67(92)79(16)54(38-49-30-24-21-25-31-49)61(86)72-46(11)65(90)83-34-28-23-29-35-83)40-56(85)74-57(43(6)7)69(94)81(18)55(39-50-32-26-22-27-33-50)68(93)80(17)53(37-42(4)5)63(88)76-59(48(13)84)71(96)77(14)47(12)66(91)78(15)52(36-41(2)3)62(87)75-58/h21-22,24-27,30-33,41-48,51-55,57-60,84H,20,23,28-29,34-40H2,1-19H3,(H,72,86)(H,73,89)(H,74,85)(H,75,87)(H,76,88)/t45-,46-,47-,48+,51-,52-,53-,54-,55-,57+,58-,59-,60-/m0/s1. The van der Waals surface area contributed by atoms with Gasteiger partial charge in [-0.1, -0.05) is 136 Å². The molecule has 534 valence electrons. The van der Waals surface area contributed by atoms with Crippen LogP contribution in [0.25, 0.3) is 0 Å². The summed E-state index contributed by atoms with van der Waals surface area (Å²) < 4.78 is 0. The monoisotopic (exact) mass is 1340 g/mol. The zero-order valence-corrected chi connectivity index (χ0v) is 60.3. The summed E-state index contributed by atoms with van der Waals surface area (Å²) in [6.45, 7) is 22.9. The number of nitrogens with zero attached hydrogens (tertiary/aromatic N) is 7. The van der Waals surface area contributed by atoms with E-state index in [2.05, 4.69) is 26.6 Å². The lowest BCUT2D eigenvalue weighted by molar-refractivity contribution is -0.152. The average Bonchev–Trinajstić information content (AvgIpc) is 0.893. The molecule has 2 heterocycles. The van der Waals surface area contributed by atoms with E-state index in [0.29, 0.717) is 30.6 Å². The molecule has 12 amide bonds. The van der Waals surface area contributed by atoms with Crippen molar-refractivity contribution in [2.24, 2.45) is 29.6 Å². The first kappa shape index (κ1) is 80.5. The molecular formula is C71H112N12O13. The van der Waals surface area contributed by atoms with Crippen LogP contribution in [0.4, 0.5) is 0 Å². The van der Waals surface area contributed by atoms with E-state index >= 15 is 28.8 Å². The van der Waals surface area contributed by atoms with Crippen LogP contribution in [0.3, 0.4) is 0 Å². The number of nitrogens with one attached hydrogen (secondary N) is 5. The number of likely N-dealkylation sites (N-methyl/N-ethyl adjacent to an activating group) is 6. The Morgan fingerprint density at radius 1 is 0.562 bits per heavy atom. The minimum Gasteiger partial charge on any atom is -0.391 e. The van der Waals surface area contributed by atoms with Gasteiger partial charge in [-0.3, -0.25) is 57.5 Å². The maximum absolute atomic E-state index is 15.6. The molecule has 6 N–H and O–H groups in total. The summed E-state index contributed by atoms with van der Waals surface area (Å²) >= 11 is 0. The molecule has 96 heavy (non-hydrogen) atoms. The molecule has 0 radical (unpaired) electrons. The van der Waals surface area contributed by atoms with Crippen molar-refractivity contribution in [3.05, 3.63) is 71.8 Å². The molecule has 0 aromatic heterocycles. The second kappa shape index (κ2) is 37.0. The predicted octanol–water partition coefficient (Wildman–Crippen LogP) is 3.14. The third-order valence-corrected chi connectivity index (χ3v) is 18.8. The Kier molecular flexibility index (Phi) is 31.0. The average molecular weight is 1340 g/mol. The lowest BCUT2D eigenvalue weighted by atomic mass is 9.94. The minimum atomic E-state index is -1.80. The Labute approximate surface area is 569 Å². The fourth-order valence-electron chi connectivity index (χ4n) is 12.4. The summed E-state index contributed by atoms with van der Waals surface area (Å²) in [5.41, 5.74) is 1.26. The number of hydrogen-bond donors (Lipinski definition) is 6. The van der Waals surface area contributed by atoms with E-state index in [1.54, 1.807) is 107 Å². The molecule has 13 atom stereocenters. The molecule has 2 aliphatic heterocycles. The highest BCUT2D eigenvalue weighted by Crippen LogP contribution is 2.24. The van der Waals surface area contributed by atoms with Crippen LogP contribution < -0.4 is 26.6 Å². The van der Waals surface area contributed by atoms with Gasteiger partial charge in [0.15, 0.2) is 0 Å². The highest BCUT2D eigenvalue weighted by Gasteiger charge is 2.45. The third-order valence-electron chi connectivity index (χ3n) is 18.8. The molecule has 2 fully saturated rings. The molecule has 2 aliphatic rings. The van der Waals surface area contributed by atoms with Gasteiger partial charge in [-0.15, -0.1) is 0 Å². The number of rotatable bonds is 18. The van der Waals surface area contributed by atoms with Crippen LogP contribution in [0, 0.1) is 29.6 Å². The Morgan fingerprint density at radius 2 is 1.04 bits per heavy atom. The van der Waals surface area contributed by atoms with Crippen LogP contribution in [0.2, 0.25) is 0 Å². The molecule has 2 saturated heterocycles. The van der Waals surface area contributed by atoms with Gasteiger partial charge in [-0.2, -0.15) is 0 Å². The third kappa shape index (κ3) is 21.5. The molecule has 0 bridgehead atoms. The number of hydrogen-bond acceptors (Lipinski definition) is 13. The number of carbonyl (C=O) groups excluding carboxylic acids is 12. The normalized spacial score (nSPS) is 24.8. The van der Waals surface area contributed by atoms with Crippen LogP contribution in [-0.2, 0) is 70.4 Å². The summed E-state index contributed by atoms with van der Waals surface area (Å²) in [5.74, 6) is -11.4. The number of likely N-dealkylation sites (tertiary alicyclic amines) is 1. The largest absolute Gasteiger partial charge is 0.391 e. The van der Waals surface area contributed by atoms with Crippen molar-refractivity contribution in [2.45, 2.75) is 220 Å². The highest BCUT2D eigenvalue weighted by atomic mass is 16.3. The van der Waals surface area contributed by atoms with Gasteiger partial charge in [0.2, 0.25) is 70.9 Å². The van der Waals surface area contributed by atoms with Crippen molar-refractivity contribution in [1.29, 1.82) is 0 Å². The van der Waals surface area contributed by atoms with Crippen molar-refractivity contribution >= 4 is 70.9 Å². The number of aliphatic hydroxyl groups excluding tert-OH is 1. The van der Waals surface area contributed by atoms with Crippen molar-refractivity contribution in [1.82, 2.24) is 60.9 Å². The summed E-state index contributed by atoms with van der Waals surface area (Å²) in [7, 11) is 8.23. The van der Waals surface area contributed by atoms with E-state index in [4.69, 9.17) is 0 Å². The lowest BCUT2D eigenvalue weighted by Gasteiger charge is -2.39. The Morgan fingerprint density at radius 3 is 1.53 bits per heavy atom. The topological polar surface area (TPSA) is 308 Å². The van der Waals surface area contributed by atoms with E-state index in [1.807, 2.05) is 34.6 Å². The van der Waals surface area contributed by atoms with Crippen LogP contribution in [0.15, 0.2) is 60.7 Å². The fourth-order valence-corrected chi connectivity index (χ4v) is 12.4. The van der Waals surface area contributed by atoms with Gasteiger partial charge >= 0.3 is 0 Å². The number of aliphatic hydroxyl groups is 1. The first-order valence-corrected chi connectivity index (χ1v) is 34.1. The zero-order valence-electron chi connectivity index (χ0n) is 60.3. The molecule has 0 saturated carbocycles. The van der Waals surface area contributed by atoms with Gasteiger partial charge in [0.1, 0.15) is 66.5 Å². The molecular weight excluding hydrogens is 1230 g/mol. The van der Waals surface area contributed by atoms with Crippen molar-refractivity contribution in [2.75, 3.05) is 55.4 Å². The van der Waals surface area contributed by atoms with Gasteiger partial charge in [0, 0.05) is 68.2 Å². The first-order chi connectivity index (χ1) is 45.0. The molecule has 2 aromatic carbocycles. The zero-order chi connectivity index (χ0) is 72.3. The van der Waals surface area contributed by atoms with E-state index < -0.39 is 162 Å². The second-order valence-corrected chi connectivity index (χ2v) is 28.0. The van der Waals surface area contributed by atoms with Crippen molar-refractivity contribution in [3.8, 4) is 0 Å². The van der Waals surface area contributed by atoms with Gasteiger partial charge in [0.05, 0.1) is 12.5 Å². The number of carbonyl (C=O) groups is 12. The quantitative estimate of drug-likeness (QED) is 0.125. The lowest BCUT2D eigenvalue weighted by Crippen LogP contribution is -2.63. The fraction of sp³-hybridized carbons (Fsp3) is 0.662. The molecule has 4 rings (SSSR count). The maximum atomic E-state index is 15.6. The number of amides is 12. The van der Waals surface area contributed by atoms with E-state index in [0.717, 1.165) is 34.0 Å². The molecule has 2 aromatic rings. The second-order valence-electron chi connectivity index (χ2n) is 28.0. The number of benzene rings is 2. The Hall–Kier alpha value is -7.96. The summed E-state index contributed by atoms with van der Waals surface area (Å²) in [5, 5.41) is 25.2. The van der Waals surface area contributed by atoms with Crippen molar-refractivity contribution < 1.29 is 62.6 Å². The number of piperidine rings is 1. The van der Waals surface area contributed by atoms with Gasteiger partial charge in [0.25, 0.3) is 0 Å². The smallest absolute Gasteiger partial charge is 0.248 e. The van der Waals surface area contributed by atoms with Gasteiger partial charge in [-0.25, -0.2) is 0 Å². The molecule has 0 aliphatic carbocycles. The molecule has 25 heteroatoms. The Balaban J connectivity index is 1.99. The predicted molar refractivity (Wildman–Crippen MR) is 365 cm³/mol. The van der Waals surface area contributed by atoms with E-state index in [1.165, 1.54) is 70.8 Å². The van der Waals surface area contributed by atoms with Crippen LogP contribution in [0.1, 0.15) is 146 Å². The van der Waals surface area contributed by atoms with Crippen LogP contribution >= 0.6 is 0 Å². The summed E-state index contributed by atoms with van der Waals surface area (Å²) in [6.07, 6.45) is 0.557. The first-order valence-electron chi connectivity index (χ1n) is 34.1. The maximum Gasteiger partial charge on any atom is 0.248 e. The molecule has 0 unspecified atom stereocenters. The molecule has 25 nitrogen and oxygen atoms in total. The Bertz CT molecular complexity index is 3000. The minimum absolute atomic E-state index is 0.0442. The summed E-state index contributed by atoms with van der Waals surface area (Å²) in [6, 6.07) is 2.58. The van der Waals surface area contributed by atoms with Gasteiger partial charge in [-0.05, 0) is 93.6 Å².